The summed E-state index contributed by atoms with van der Waals surface area (Å²) >= 11 is 1.50. The zero-order chi connectivity index (χ0) is 16.8. The van der Waals surface area contributed by atoms with Crippen molar-refractivity contribution in [2.24, 2.45) is 0 Å². The number of nitrogens with one attached hydrogen (secondary N) is 2. The van der Waals surface area contributed by atoms with Crippen LogP contribution in [0, 0.1) is 13.8 Å². The van der Waals surface area contributed by atoms with Gasteiger partial charge in [0.1, 0.15) is 0 Å². The molecule has 5 heteroatoms. The highest BCUT2D eigenvalue weighted by atomic mass is 32.2. The van der Waals surface area contributed by atoms with Gasteiger partial charge < -0.3 is 10.6 Å². The number of aryl methyl sites for hydroxylation is 2. The number of amides is 2. The predicted octanol–water partition coefficient (Wildman–Crippen LogP) is 3.39. The molecule has 0 aliphatic rings. The Labute approximate surface area is 140 Å². The summed E-state index contributed by atoms with van der Waals surface area (Å²) in [6, 6.07) is 13.2. The molecule has 0 spiro atoms. The van der Waals surface area contributed by atoms with Gasteiger partial charge in [-0.1, -0.05) is 24.3 Å². The van der Waals surface area contributed by atoms with Crippen LogP contribution in [-0.4, -0.2) is 24.6 Å². The fourth-order valence-corrected chi connectivity index (χ4v) is 2.92. The normalized spacial score (nSPS) is 10.2. The Bertz CT molecular complexity index is 729. The van der Waals surface area contributed by atoms with Crippen molar-refractivity contribution in [3.05, 3.63) is 59.2 Å². The summed E-state index contributed by atoms with van der Waals surface area (Å²) in [4.78, 5) is 24.9. The SMILES string of the molecule is CNC(=O)c1ccc(C)c(NC(=O)CSc2ccccc2C)c1. The molecular formula is C18H20N2O2S. The third-order valence-corrected chi connectivity index (χ3v) is 4.63. The van der Waals surface area contributed by atoms with E-state index in [0.717, 1.165) is 16.0 Å². The van der Waals surface area contributed by atoms with Gasteiger partial charge in [0.2, 0.25) is 5.91 Å². The highest BCUT2D eigenvalue weighted by Gasteiger charge is 2.10. The van der Waals surface area contributed by atoms with Gasteiger partial charge in [-0.2, -0.15) is 0 Å². The monoisotopic (exact) mass is 328 g/mol. The molecule has 4 nitrogen and oxygen atoms in total. The Morgan fingerprint density at radius 2 is 1.78 bits per heavy atom. The first-order valence-corrected chi connectivity index (χ1v) is 8.31. The lowest BCUT2D eigenvalue weighted by Gasteiger charge is -2.11. The van der Waals surface area contributed by atoms with Crippen molar-refractivity contribution < 1.29 is 9.59 Å². The molecule has 2 aromatic carbocycles. The molecule has 0 unspecified atom stereocenters. The molecule has 2 aromatic rings. The summed E-state index contributed by atoms with van der Waals surface area (Å²) in [7, 11) is 1.58. The van der Waals surface area contributed by atoms with Crippen LogP contribution in [0.2, 0.25) is 0 Å². The van der Waals surface area contributed by atoms with E-state index < -0.39 is 0 Å². The average molecular weight is 328 g/mol. The zero-order valence-electron chi connectivity index (χ0n) is 13.5. The molecule has 0 saturated heterocycles. The first kappa shape index (κ1) is 17.1. The zero-order valence-corrected chi connectivity index (χ0v) is 14.3. The second-order valence-electron chi connectivity index (χ2n) is 5.21. The molecule has 0 aliphatic carbocycles. The number of rotatable bonds is 5. The van der Waals surface area contributed by atoms with Crippen molar-refractivity contribution in [3.8, 4) is 0 Å². The Morgan fingerprint density at radius 3 is 2.48 bits per heavy atom. The van der Waals surface area contributed by atoms with Gasteiger partial charge in [-0.15, -0.1) is 11.8 Å². The van der Waals surface area contributed by atoms with Crippen LogP contribution >= 0.6 is 11.8 Å². The largest absolute Gasteiger partial charge is 0.355 e. The van der Waals surface area contributed by atoms with Gasteiger partial charge in [0.15, 0.2) is 0 Å². The fourth-order valence-electron chi connectivity index (χ4n) is 2.09. The summed E-state index contributed by atoms with van der Waals surface area (Å²) in [5.41, 5.74) is 3.27. The second kappa shape index (κ2) is 7.83. The maximum Gasteiger partial charge on any atom is 0.251 e. The molecule has 0 atom stereocenters. The summed E-state index contributed by atoms with van der Waals surface area (Å²) < 4.78 is 0. The van der Waals surface area contributed by atoms with Gasteiger partial charge >= 0.3 is 0 Å². The number of benzene rings is 2. The van der Waals surface area contributed by atoms with E-state index in [1.807, 2.05) is 44.2 Å². The standard InChI is InChI=1S/C18H20N2O2S/c1-12-8-9-14(18(22)19-3)10-15(12)20-17(21)11-23-16-7-5-4-6-13(16)2/h4-10H,11H2,1-3H3,(H,19,22)(H,20,21). The first-order valence-electron chi connectivity index (χ1n) is 7.32. The molecule has 0 radical (unpaired) electrons. The van der Waals surface area contributed by atoms with Crippen molar-refractivity contribution in [2.45, 2.75) is 18.7 Å². The van der Waals surface area contributed by atoms with E-state index >= 15 is 0 Å². The molecular weight excluding hydrogens is 308 g/mol. The lowest BCUT2D eigenvalue weighted by Crippen LogP contribution is -2.19. The molecule has 0 bridgehead atoms. The second-order valence-corrected chi connectivity index (χ2v) is 6.23. The molecule has 2 rings (SSSR count). The first-order chi connectivity index (χ1) is 11.0. The number of hydrogen-bond acceptors (Lipinski definition) is 3. The van der Waals surface area contributed by atoms with Gasteiger partial charge in [0.25, 0.3) is 5.91 Å². The van der Waals surface area contributed by atoms with E-state index in [1.165, 1.54) is 11.8 Å². The molecule has 120 valence electrons. The van der Waals surface area contributed by atoms with Crippen molar-refractivity contribution >= 4 is 29.3 Å². The number of anilines is 1. The lowest BCUT2D eigenvalue weighted by atomic mass is 10.1. The van der Waals surface area contributed by atoms with Crippen LogP contribution in [0.3, 0.4) is 0 Å². The third-order valence-electron chi connectivity index (χ3n) is 3.45. The number of hydrogen-bond donors (Lipinski definition) is 2. The number of thioether (sulfide) groups is 1. The minimum atomic E-state index is -0.171. The van der Waals surface area contributed by atoms with Crippen LogP contribution < -0.4 is 10.6 Å². The molecule has 0 aromatic heterocycles. The average Bonchev–Trinajstić information content (AvgIpc) is 2.55. The van der Waals surface area contributed by atoms with Crippen LogP contribution in [0.4, 0.5) is 5.69 Å². The van der Waals surface area contributed by atoms with Crippen molar-refractivity contribution in [2.75, 3.05) is 18.1 Å². The van der Waals surface area contributed by atoms with E-state index in [-0.39, 0.29) is 11.8 Å². The highest BCUT2D eigenvalue weighted by Crippen LogP contribution is 2.23. The Balaban J connectivity index is 2.02. The Kier molecular flexibility index (Phi) is 5.82. The van der Waals surface area contributed by atoms with Gasteiger partial charge in [0, 0.05) is 23.2 Å². The summed E-state index contributed by atoms with van der Waals surface area (Å²) in [6.45, 7) is 3.93. The fraction of sp³-hybridized carbons (Fsp3) is 0.222. The van der Waals surface area contributed by atoms with E-state index in [0.29, 0.717) is 17.0 Å². The van der Waals surface area contributed by atoms with E-state index in [2.05, 4.69) is 10.6 Å². The van der Waals surface area contributed by atoms with E-state index in [9.17, 15) is 9.59 Å². The van der Waals surface area contributed by atoms with Crippen LogP contribution in [0.5, 0.6) is 0 Å². The lowest BCUT2D eigenvalue weighted by molar-refractivity contribution is -0.113. The summed E-state index contributed by atoms with van der Waals surface area (Å²) in [5.74, 6) is 0.0688. The van der Waals surface area contributed by atoms with E-state index in [1.54, 1.807) is 19.2 Å². The maximum absolute atomic E-state index is 12.2. The molecule has 23 heavy (non-hydrogen) atoms. The predicted molar refractivity (Wildman–Crippen MR) is 95.1 cm³/mol. The molecule has 0 fully saturated rings. The van der Waals surface area contributed by atoms with Crippen molar-refractivity contribution in [1.29, 1.82) is 0 Å². The topological polar surface area (TPSA) is 58.2 Å². The maximum atomic E-state index is 12.2. The Morgan fingerprint density at radius 1 is 1.04 bits per heavy atom. The summed E-state index contributed by atoms with van der Waals surface area (Å²) in [5, 5.41) is 5.46. The number of carbonyl (C=O) groups is 2. The van der Waals surface area contributed by atoms with Crippen molar-refractivity contribution in [1.82, 2.24) is 5.32 Å². The van der Waals surface area contributed by atoms with Gasteiger partial charge in [0.05, 0.1) is 5.75 Å². The molecule has 2 N–H and O–H groups in total. The van der Waals surface area contributed by atoms with Crippen LogP contribution in [0.1, 0.15) is 21.5 Å². The van der Waals surface area contributed by atoms with Gasteiger partial charge in [-0.25, -0.2) is 0 Å². The molecule has 0 heterocycles. The third kappa shape index (κ3) is 4.60. The smallest absolute Gasteiger partial charge is 0.251 e. The minimum absolute atomic E-state index is 0.0876. The number of carbonyl (C=O) groups excluding carboxylic acids is 2. The minimum Gasteiger partial charge on any atom is -0.355 e. The van der Waals surface area contributed by atoms with Gasteiger partial charge in [-0.05, 0) is 43.2 Å². The van der Waals surface area contributed by atoms with E-state index in [4.69, 9.17) is 0 Å². The molecule has 0 aliphatic heterocycles. The Hall–Kier alpha value is -2.27. The molecule has 2 amide bonds. The van der Waals surface area contributed by atoms with Crippen molar-refractivity contribution in [3.63, 3.8) is 0 Å². The van der Waals surface area contributed by atoms with Crippen LogP contribution in [-0.2, 0) is 4.79 Å². The molecule has 0 saturated carbocycles. The quantitative estimate of drug-likeness (QED) is 0.827. The highest BCUT2D eigenvalue weighted by molar-refractivity contribution is 8.00. The van der Waals surface area contributed by atoms with Crippen LogP contribution in [0.15, 0.2) is 47.4 Å². The van der Waals surface area contributed by atoms with Gasteiger partial charge in [-0.3, -0.25) is 9.59 Å². The van der Waals surface area contributed by atoms with Crippen LogP contribution in [0.25, 0.3) is 0 Å². The summed E-state index contributed by atoms with van der Waals surface area (Å²) in [6.07, 6.45) is 0.